The van der Waals surface area contributed by atoms with Gasteiger partial charge in [0.1, 0.15) is 12.4 Å². The molecule has 0 unspecified atom stereocenters. The van der Waals surface area contributed by atoms with Gasteiger partial charge in [-0.2, -0.15) is 0 Å². The Morgan fingerprint density at radius 2 is 1.65 bits per heavy atom. The Morgan fingerprint density at radius 1 is 0.882 bits per heavy atom. The van der Waals surface area contributed by atoms with Crippen molar-refractivity contribution in [2.24, 2.45) is 0 Å². The van der Waals surface area contributed by atoms with Crippen molar-refractivity contribution < 1.29 is 14.3 Å². The molecule has 34 heavy (non-hydrogen) atoms. The molecule has 0 aromatic heterocycles. The van der Waals surface area contributed by atoms with E-state index in [0.717, 1.165) is 39.2 Å². The van der Waals surface area contributed by atoms with E-state index in [0.29, 0.717) is 17.3 Å². The number of thioether (sulfide) groups is 1. The summed E-state index contributed by atoms with van der Waals surface area (Å²) in [6, 6.07) is 29.7. The smallest absolute Gasteiger partial charge is 0.293 e. The number of para-hydroxylation sites is 1. The second-order valence-corrected chi connectivity index (χ2v) is 9.21. The summed E-state index contributed by atoms with van der Waals surface area (Å²) in [7, 11) is 0. The zero-order valence-electron chi connectivity index (χ0n) is 18.7. The second kappa shape index (κ2) is 9.57. The molecule has 0 radical (unpaired) electrons. The molecule has 5 heteroatoms. The van der Waals surface area contributed by atoms with Crippen molar-refractivity contribution in [2.75, 3.05) is 0 Å². The summed E-state index contributed by atoms with van der Waals surface area (Å²) in [5, 5.41) is 1.87. The Bertz CT molecular complexity index is 1420. The molecule has 0 spiro atoms. The van der Waals surface area contributed by atoms with Crippen LogP contribution in [0.5, 0.6) is 5.75 Å². The van der Waals surface area contributed by atoms with Gasteiger partial charge in [-0.05, 0) is 52.7 Å². The normalized spacial score (nSPS) is 14.9. The van der Waals surface area contributed by atoms with Crippen LogP contribution >= 0.6 is 11.8 Å². The van der Waals surface area contributed by atoms with Crippen LogP contribution in [-0.2, 0) is 17.9 Å². The van der Waals surface area contributed by atoms with E-state index in [2.05, 4.69) is 6.07 Å². The Kier molecular flexibility index (Phi) is 6.19. The van der Waals surface area contributed by atoms with Crippen LogP contribution in [-0.4, -0.2) is 16.0 Å². The predicted octanol–water partition coefficient (Wildman–Crippen LogP) is 6.96. The monoisotopic (exact) mass is 465 g/mol. The number of aryl methyl sites for hydroxylation is 1. The lowest BCUT2D eigenvalue weighted by Crippen LogP contribution is -2.27. The third-order valence-corrected chi connectivity index (χ3v) is 6.67. The number of imide groups is 1. The van der Waals surface area contributed by atoms with Gasteiger partial charge in [0.15, 0.2) is 0 Å². The van der Waals surface area contributed by atoms with Crippen molar-refractivity contribution in [3.05, 3.63) is 118 Å². The maximum absolute atomic E-state index is 13.2. The summed E-state index contributed by atoms with van der Waals surface area (Å²) in [4.78, 5) is 27.6. The van der Waals surface area contributed by atoms with E-state index in [1.807, 2.05) is 91.9 Å². The zero-order valence-corrected chi connectivity index (χ0v) is 19.5. The minimum absolute atomic E-state index is 0.245. The molecule has 0 aliphatic carbocycles. The third kappa shape index (κ3) is 4.61. The molecule has 0 saturated carbocycles. The first-order chi connectivity index (χ1) is 16.6. The van der Waals surface area contributed by atoms with Gasteiger partial charge in [-0.3, -0.25) is 14.5 Å². The molecule has 1 aliphatic heterocycles. The second-order valence-electron chi connectivity index (χ2n) is 8.22. The van der Waals surface area contributed by atoms with E-state index >= 15 is 0 Å². The van der Waals surface area contributed by atoms with Gasteiger partial charge in [0.05, 0.1) is 11.4 Å². The fourth-order valence-corrected chi connectivity index (χ4v) is 4.90. The summed E-state index contributed by atoms with van der Waals surface area (Å²) >= 11 is 0.969. The number of nitrogens with zero attached hydrogens (tertiary/aromatic N) is 1. The van der Waals surface area contributed by atoms with E-state index in [-0.39, 0.29) is 17.7 Å². The Labute approximate surface area is 202 Å². The summed E-state index contributed by atoms with van der Waals surface area (Å²) in [5.74, 6) is 0.390. The average Bonchev–Trinajstić information content (AvgIpc) is 3.11. The minimum Gasteiger partial charge on any atom is -0.488 e. The Hall–Kier alpha value is -3.83. The highest BCUT2D eigenvalue weighted by atomic mass is 32.2. The quantitative estimate of drug-likeness (QED) is 0.289. The lowest BCUT2D eigenvalue weighted by Gasteiger charge is -2.14. The number of carbonyl (C=O) groups excluding carboxylic acids is 2. The SMILES string of the molecule is Cc1cccc(COc2ccccc2/C=C2\SC(=O)N(Cc3cccc4ccccc34)C2=O)c1. The van der Waals surface area contributed by atoms with Crippen molar-refractivity contribution in [3.8, 4) is 5.75 Å². The summed E-state index contributed by atoms with van der Waals surface area (Å²) in [6.45, 7) is 2.72. The molecule has 1 aliphatic rings. The number of ether oxygens (including phenoxy) is 1. The first kappa shape index (κ1) is 22.0. The van der Waals surface area contributed by atoms with Crippen molar-refractivity contribution in [2.45, 2.75) is 20.1 Å². The average molecular weight is 466 g/mol. The Balaban J connectivity index is 1.37. The van der Waals surface area contributed by atoms with E-state index in [9.17, 15) is 9.59 Å². The molecule has 0 atom stereocenters. The van der Waals surface area contributed by atoms with Crippen LogP contribution in [0.3, 0.4) is 0 Å². The molecule has 1 heterocycles. The lowest BCUT2D eigenvalue weighted by atomic mass is 10.0. The van der Waals surface area contributed by atoms with Crippen LogP contribution in [0.4, 0.5) is 4.79 Å². The number of amides is 2. The third-order valence-electron chi connectivity index (χ3n) is 5.76. The van der Waals surface area contributed by atoms with Gasteiger partial charge in [-0.25, -0.2) is 0 Å². The highest BCUT2D eigenvalue weighted by Crippen LogP contribution is 2.35. The van der Waals surface area contributed by atoms with E-state index in [4.69, 9.17) is 4.74 Å². The number of hydrogen-bond acceptors (Lipinski definition) is 4. The van der Waals surface area contributed by atoms with Gasteiger partial charge in [0.25, 0.3) is 11.1 Å². The number of rotatable bonds is 6. The van der Waals surface area contributed by atoms with Gasteiger partial charge < -0.3 is 4.74 Å². The standard InChI is InChI=1S/C29H23NO3S/c1-20-8-6-9-21(16-20)19-33-26-15-5-3-11-23(26)17-27-28(31)30(29(32)34-27)18-24-13-7-12-22-10-2-4-14-25(22)24/h2-17H,18-19H2,1H3/b27-17-. The van der Waals surface area contributed by atoms with Gasteiger partial charge in [-0.1, -0.05) is 90.5 Å². The van der Waals surface area contributed by atoms with Gasteiger partial charge >= 0.3 is 0 Å². The molecule has 0 N–H and O–H groups in total. The van der Waals surface area contributed by atoms with E-state index in [1.165, 1.54) is 10.5 Å². The highest BCUT2D eigenvalue weighted by molar-refractivity contribution is 8.18. The molecule has 4 nitrogen and oxygen atoms in total. The first-order valence-electron chi connectivity index (χ1n) is 11.1. The fourth-order valence-electron chi connectivity index (χ4n) is 4.07. The van der Waals surface area contributed by atoms with Crippen molar-refractivity contribution >= 4 is 39.8 Å². The number of carbonyl (C=O) groups is 2. The molecule has 4 aromatic carbocycles. The molecular formula is C29H23NO3S. The molecule has 1 saturated heterocycles. The van der Waals surface area contributed by atoms with Crippen molar-refractivity contribution in [1.82, 2.24) is 4.90 Å². The largest absolute Gasteiger partial charge is 0.488 e. The zero-order chi connectivity index (χ0) is 23.5. The van der Waals surface area contributed by atoms with Crippen LogP contribution in [0.2, 0.25) is 0 Å². The topological polar surface area (TPSA) is 46.6 Å². The summed E-state index contributed by atoms with van der Waals surface area (Å²) in [6.07, 6.45) is 1.75. The van der Waals surface area contributed by atoms with Crippen molar-refractivity contribution in [3.63, 3.8) is 0 Å². The van der Waals surface area contributed by atoms with Crippen LogP contribution in [0.25, 0.3) is 16.8 Å². The number of hydrogen-bond donors (Lipinski definition) is 0. The van der Waals surface area contributed by atoms with E-state index < -0.39 is 0 Å². The maximum atomic E-state index is 13.2. The van der Waals surface area contributed by atoms with E-state index in [1.54, 1.807) is 6.08 Å². The molecule has 4 aromatic rings. The predicted molar refractivity (Wildman–Crippen MR) is 137 cm³/mol. The molecule has 168 valence electrons. The summed E-state index contributed by atoms with van der Waals surface area (Å²) < 4.78 is 6.06. The van der Waals surface area contributed by atoms with Crippen LogP contribution < -0.4 is 4.74 Å². The van der Waals surface area contributed by atoms with Crippen LogP contribution in [0, 0.1) is 6.92 Å². The Morgan fingerprint density at radius 3 is 2.53 bits per heavy atom. The van der Waals surface area contributed by atoms with Gasteiger partial charge in [-0.15, -0.1) is 0 Å². The molecule has 2 amide bonds. The van der Waals surface area contributed by atoms with Crippen LogP contribution in [0.15, 0.2) is 95.9 Å². The summed E-state index contributed by atoms with van der Waals surface area (Å²) in [5.41, 5.74) is 3.97. The van der Waals surface area contributed by atoms with Gasteiger partial charge in [0.2, 0.25) is 0 Å². The maximum Gasteiger partial charge on any atom is 0.293 e. The number of benzene rings is 4. The fraction of sp³-hybridized carbons (Fsp3) is 0.103. The molecule has 5 rings (SSSR count). The number of fused-ring (bicyclic) bond motifs is 1. The molecule has 1 fully saturated rings. The van der Waals surface area contributed by atoms with Crippen LogP contribution in [0.1, 0.15) is 22.3 Å². The highest BCUT2D eigenvalue weighted by Gasteiger charge is 2.35. The lowest BCUT2D eigenvalue weighted by molar-refractivity contribution is -0.123. The first-order valence-corrected chi connectivity index (χ1v) is 11.9. The minimum atomic E-state index is -0.281. The molecule has 0 bridgehead atoms. The molecular weight excluding hydrogens is 442 g/mol. The van der Waals surface area contributed by atoms with Gasteiger partial charge in [0, 0.05) is 5.56 Å². The van der Waals surface area contributed by atoms with Crippen molar-refractivity contribution in [1.29, 1.82) is 0 Å².